The second-order valence-electron chi connectivity index (χ2n) is 3.03. The number of hydrogen-bond acceptors (Lipinski definition) is 1. The molecule has 1 rings (SSSR count). The molecule has 0 atom stereocenters. The lowest BCUT2D eigenvalue weighted by molar-refractivity contribution is 0.218. The minimum absolute atomic E-state index is 0. The van der Waals surface area contributed by atoms with Gasteiger partial charge < -0.3 is 10.6 Å². The Kier molecular flexibility index (Phi) is 6.53. The van der Waals surface area contributed by atoms with E-state index in [9.17, 15) is 4.79 Å². The topological polar surface area (TPSA) is 46.3 Å². The van der Waals surface area contributed by atoms with Gasteiger partial charge in [-0.15, -0.1) is 0 Å². The van der Waals surface area contributed by atoms with Gasteiger partial charge in [0.1, 0.15) is 0 Å². The third kappa shape index (κ3) is 4.99. The number of likely N-dealkylation sites (tertiary alicyclic amines) is 1. The molecule has 1 heterocycles. The molecule has 2 N–H and O–H groups in total. The van der Waals surface area contributed by atoms with Crippen molar-refractivity contribution in [3.05, 3.63) is 0 Å². The van der Waals surface area contributed by atoms with Gasteiger partial charge in [0.15, 0.2) is 0 Å². The van der Waals surface area contributed by atoms with E-state index in [2.05, 4.69) is 13.8 Å². The van der Waals surface area contributed by atoms with E-state index >= 15 is 0 Å². The van der Waals surface area contributed by atoms with Crippen LogP contribution in [0.2, 0.25) is 0 Å². The van der Waals surface area contributed by atoms with Crippen LogP contribution in [0.5, 0.6) is 0 Å². The number of primary amides is 1. The Morgan fingerprint density at radius 3 is 1.92 bits per heavy atom. The summed E-state index contributed by atoms with van der Waals surface area (Å²) in [6.45, 7) is 6.07. The molecule has 0 radical (unpaired) electrons. The monoisotopic (exact) mass is 174 g/mol. The maximum absolute atomic E-state index is 10.3. The zero-order valence-corrected chi connectivity index (χ0v) is 8.18. The van der Waals surface area contributed by atoms with Crippen molar-refractivity contribution in [2.45, 2.75) is 39.5 Å². The number of urea groups is 1. The van der Waals surface area contributed by atoms with Gasteiger partial charge in [-0.3, -0.25) is 0 Å². The van der Waals surface area contributed by atoms with Crippen LogP contribution in [0.25, 0.3) is 0 Å². The predicted molar refractivity (Wildman–Crippen MR) is 53.1 cm³/mol. The lowest BCUT2D eigenvalue weighted by Gasteiger charge is -2.09. The van der Waals surface area contributed by atoms with E-state index in [-0.39, 0.29) is 7.46 Å². The molecule has 1 aliphatic rings. The molecular weight excluding hydrogens is 152 g/mol. The van der Waals surface area contributed by atoms with Gasteiger partial charge in [0.25, 0.3) is 0 Å². The van der Waals surface area contributed by atoms with Gasteiger partial charge in [-0.05, 0) is 12.8 Å². The summed E-state index contributed by atoms with van der Waals surface area (Å²) in [4.78, 5) is 12.0. The number of nitrogens with zero attached hydrogens (tertiary/aromatic N) is 1. The number of nitrogens with two attached hydrogens (primary N) is 1. The second-order valence-corrected chi connectivity index (χ2v) is 3.03. The molecule has 0 unspecified atom stereocenters. The molecule has 0 aromatic heterocycles. The van der Waals surface area contributed by atoms with Crippen LogP contribution in [0.4, 0.5) is 4.79 Å². The predicted octanol–water partition coefficient (Wildman–Crippen LogP) is 2.21. The largest absolute Gasteiger partial charge is 0.351 e. The van der Waals surface area contributed by atoms with Gasteiger partial charge in [0.05, 0.1) is 0 Å². The molecule has 0 bridgehead atoms. The zero-order chi connectivity index (χ0) is 9.40. The second kappa shape index (κ2) is 6.95. The summed E-state index contributed by atoms with van der Waals surface area (Å²) in [5.74, 6) is 0. The first-order chi connectivity index (χ1) is 5.72. The van der Waals surface area contributed by atoms with Crippen molar-refractivity contribution < 1.29 is 6.22 Å². The number of amides is 2. The smallest absolute Gasteiger partial charge is 0.314 e. The Labute approximate surface area is 76.4 Å². The highest BCUT2D eigenvalue weighted by atomic mass is 16.2. The lowest BCUT2D eigenvalue weighted by atomic mass is 10.4. The van der Waals surface area contributed by atoms with Crippen molar-refractivity contribution in [3.8, 4) is 0 Å². The fraction of sp³-hybridized carbons (Fsp3) is 0.889. The van der Waals surface area contributed by atoms with Gasteiger partial charge in [-0.2, -0.15) is 0 Å². The van der Waals surface area contributed by atoms with Crippen LogP contribution in [-0.4, -0.2) is 24.0 Å². The highest BCUT2D eigenvalue weighted by molar-refractivity contribution is 5.72. The number of carbonyl (C=O) groups excluding carboxylic acids is 1. The normalized spacial score (nSPS) is 15.3. The van der Waals surface area contributed by atoms with Crippen molar-refractivity contribution in [1.82, 2.24) is 4.90 Å². The molecule has 0 spiro atoms. The molecule has 74 valence electrons. The molecule has 2 amide bonds. The van der Waals surface area contributed by atoms with Crippen molar-refractivity contribution in [3.63, 3.8) is 0 Å². The molecule has 1 aliphatic heterocycles. The SMILES string of the molecule is CCCC.NC(=O)N1CCCC1.[HH]. The molecule has 12 heavy (non-hydrogen) atoms. The van der Waals surface area contributed by atoms with Gasteiger partial charge in [-0.1, -0.05) is 26.7 Å². The van der Waals surface area contributed by atoms with E-state index in [4.69, 9.17) is 5.73 Å². The molecule has 3 heteroatoms. The Morgan fingerprint density at radius 1 is 1.33 bits per heavy atom. The standard InChI is InChI=1S/C5H10N2O.C4H10.H2/c6-5(8)7-3-1-2-4-7;1-3-4-2;/h1-4H2,(H2,6,8);3-4H2,1-2H3;1H. The van der Waals surface area contributed by atoms with Gasteiger partial charge in [0.2, 0.25) is 0 Å². The summed E-state index contributed by atoms with van der Waals surface area (Å²) in [7, 11) is 0. The summed E-state index contributed by atoms with van der Waals surface area (Å²) < 4.78 is 0. The van der Waals surface area contributed by atoms with Gasteiger partial charge in [-0.25, -0.2) is 4.79 Å². The van der Waals surface area contributed by atoms with Crippen LogP contribution in [0.15, 0.2) is 0 Å². The first kappa shape index (κ1) is 11.3. The third-order valence-corrected chi connectivity index (χ3v) is 1.92. The number of rotatable bonds is 1. The molecule has 1 fully saturated rings. The van der Waals surface area contributed by atoms with Crippen LogP contribution in [0, 0.1) is 0 Å². The minimum Gasteiger partial charge on any atom is -0.351 e. The summed E-state index contributed by atoms with van der Waals surface area (Å²) in [6.07, 6.45) is 4.87. The van der Waals surface area contributed by atoms with E-state index in [1.54, 1.807) is 4.90 Å². The van der Waals surface area contributed by atoms with E-state index in [1.807, 2.05) is 0 Å². The molecule has 0 aromatic carbocycles. The van der Waals surface area contributed by atoms with Crippen LogP contribution < -0.4 is 5.73 Å². The van der Waals surface area contributed by atoms with Crippen LogP contribution in [-0.2, 0) is 0 Å². The molecule has 1 saturated heterocycles. The van der Waals surface area contributed by atoms with E-state index in [1.165, 1.54) is 12.8 Å². The van der Waals surface area contributed by atoms with Crippen molar-refractivity contribution in [1.29, 1.82) is 0 Å². The van der Waals surface area contributed by atoms with E-state index in [0.717, 1.165) is 25.9 Å². The average molecular weight is 174 g/mol. The molecule has 0 saturated carbocycles. The summed E-state index contributed by atoms with van der Waals surface area (Å²) >= 11 is 0. The maximum atomic E-state index is 10.3. The van der Waals surface area contributed by atoms with Gasteiger partial charge in [0, 0.05) is 14.5 Å². The lowest BCUT2D eigenvalue weighted by Crippen LogP contribution is -2.32. The Balaban J connectivity index is 0. The number of hydrogen-bond donors (Lipinski definition) is 1. The van der Waals surface area contributed by atoms with Crippen molar-refractivity contribution in [2.75, 3.05) is 13.1 Å². The fourth-order valence-corrected chi connectivity index (χ4v) is 0.938. The first-order valence-electron chi connectivity index (χ1n) is 4.76. The first-order valence-corrected chi connectivity index (χ1v) is 4.76. The summed E-state index contributed by atoms with van der Waals surface area (Å²) in [5.41, 5.74) is 4.98. The fourth-order valence-electron chi connectivity index (χ4n) is 0.938. The quantitative estimate of drug-likeness (QED) is 0.651. The highest BCUT2D eigenvalue weighted by Gasteiger charge is 2.13. The van der Waals surface area contributed by atoms with E-state index < -0.39 is 0 Å². The number of unbranched alkanes of at least 4 members (excludes halogenated alkanes) is 1. The molecule has 3 nitrogen and oxygen atoms in total. The zero-order valence-electron chi connectivity index (χ0n) is 8.18. The average Bonchev–Trinajstić information content (AvgIpc) is 2.57. The summed E-state index contributed by atoms with van der Waals surface area (Å²) in [5, 5.41) is 0. The molecular formula is C9H22N2O. The van der Waals surface area contributed by atoms with Crippen molar-refractivity contribution >= 4 is 6.03 Å². The summed E-state index contributed by atoms with van der Waals surface area (Å²) in [6, 6.07) is -0.275. The minimum atomic E-state index is -0.275. The Hall–Kier alpha value is -0.730. The molecule has 0 aromatic rings. The number of carbonyl (C=O) groups is 1. The van der Waals surface area contributed by atoms with Gasteiger partial charge >= 0.3 is 6.03 Å². The third-order valence-electron chi connectivity index (χ3n) is 1.92. The highest BCUT2D eigenvalue weighted by Crippen LogP contribution is 2.05. The van der Waals surface area contributed by atoms with Crippen LogP contribution in [0.3, 0.4) is 0 Å². The maximum Gasteiger partial charge on any atom is 0.314 e. The van der Waals surface area contributed by atoms with Crippen LogP contribution >= 0.6 is 0 Å². The Morgan fingerprint density at radius 2 is 1.75 bits per heavy atom. The Bertz CT molecular complexity index is 123. The molecule has 0 aliphatic carbocycles. The van der Waals surface area contributed by atoms with E-state index in [0.29, 0.717) is 0 Å². The van der Waals surface area contributed by atoms with Crippen LogP contribution in [0.1, 0.15) is 41.0 Å². The van der Waals surface area contributed by atoms with Crippen molar-refractivity contribution in [2.24, 2.45) is 5.73 Å².